The van der Waals surface area contributed by atoms with Crippen molar-refractivity contribution in [2.24, 2.45) is 0 Å². The van der Waals surface area contributed by atoms with Gasteiger partial charge in [0.05, 0.1) is 11.4 Å². The summed E-state index contributed by atoms with van der Waals surface area (Å²) in [5.74, 6) is -0.0274. The molecule has 1 fully saturated rings. The number of anilines is 1. The zero-order chi connectivity index (χ0) is 23.2. The van der Waals surface area contributed by atoms with Crippen LogP contribution in [-0.4, -0.2) is 28.6 Å². The summed E-state index contributed by atoms with van der Waals surface area (Å²) in [5, 5.41) is 2.50. The van der Waals surface area contributed by atoms with Crippen molar-refractivity contribution in [3.8, 4) is 5.75 Å². The summed E-state index contributed by atoms with van der Waals surface area (Å²) in [6.45, 7) is 2.11. The minimum Gasteiger partial charge on any atom is -0.484 e. The SMILES string of the molecule is Cc1ccc(NC(=O)COc2ccc(/C=C3\SC(=O)N(Cc4ccccc4)C3=O)cc2)cc1. The van der Waals surface area contributed by atoms with Gasteiger partial charge in [-0.15, -0.1) is 0 Å². The van der Waals surface area contributed by atoms with Crippen LogP contribution in [0.15, 0.2) is 83.8 Å². The number of hydrogen-bond donors (Lipinski definition) is 1. The molecule has 0 unspecified atom stereocenters. The molecule has 1 saturated heterocycles. The molecular formula is C26H22N2O4S. The van der Waals surface area contributed by atoms with Crippen molar-refractivity contribution >= 4 is 40.6 Å². The number of aryl methyl sites for hydroxylation is 1. The van der Waals surface area contributed by atoms with Crippen molar-refractivity contribution < 1.29 is 19.1 Å². The van der Waals surface area contributed by atoms with Crippen LogP contribution in [0.3, 0.4) is 0 Å². The number of thioether (sulfide) groups is 1. The van der Waals surface area contributed by atoms with Crippen molar-refractivity contribution in [2.75, 3.05) is 11.9 Å². The minimum absolute atomic E-state index is 0.119. The fraction of sp³-hybridized carbons (Fsp3) is 0.115. The summed E-state index contributed by atoms with van der Waals surface area (Å²) in [6, 6.07) is 23.9. The summed E-state index contributed by atoms with van der Waals surface area (Å²) in [4.78, 5) is 38.7. The molecule has 6 nitrogen and oxygen atoms in total. The van der Waals surface area contributed by atoms with E-state index in [4.69, 9.17) is 4.74 Å². The maximum atomic E-state index is 12.7. The Hall–Kier alpha value is -3.84. The molecule has 1 heterocycles. The van der Waals surface area contributed by atoms with Gasteiger partial charge < -0.3 is 10.1 Å². The Morgan fingerprint density at radius 3 is 2.36 bits per heavy atom. The largest absolute Gasteiger partial charge is 0.484 e. The van der Waals surface area contributed by atoms with Crippen LogP contribution in [0.2, 0.25) is 0 Å². The maximum absolute atomic E-state index is 12.7. The lowest BCUT2D eigenvalue weighted by molar-refractivity contribution is -0.123. The van der Waals surface area contributed by atoms with Gasteiger partial charge in [-0.3, -0.25) is 19.3 Å². The first-order valence-corrected chi connectivity index (χ1v) is 11.2. The van der Waals surface area contributed by atoms with Crippen molar-refractivity contribution in [1.29, 1.82) is 0 Å². The highest BCUT2D eigenvalue weighted by Crippen LogP contribution is 2.33. The van der Waals surface area contributed by atoms with Crippen LogP contribution in [-0.2, 0) is 16.1 Å². The van der Waals surface area contributed by atoms with Crippen molar-refractivity contribution in [3.05, 3.63) is 100 Å². The quantitative estimate of drug-likeness (QED) is 0.490. The summed E-state index contributed by atoms with van der Waals surface area (Å²) >= 11 is 0.930. The highest BCUT2D eigenvalue weighted by molar-refractivity contribution is 8.18. The van der Waals surface area contributed by atoms with E-state index >= 15 is 0 Å². The van der Waals surface area contributed by atoms with Gasteiger partial charge in [-0.05, 0) is 60.2 Å². The van der Waals surface area contributed by atoms with Crippen LogP contribution in [0, 0.1) is 6.92 Å². The Labute approximate surface area is 196 Å². The molecule has 0 aliphatic carbocycles. The zero-order valence-electron chi connectivity index (χ0n) is 18.0. The highest BCUT2D eigenvalue weighted by atomic mass is 32.2. The first kappa shape index (κ1) is 22.4. The number of nitrogens with zero attached hydrogens (tertiary/aromatic N) is 1. The van der Waals surface area contributed by atoms with Gasteiger partial charge in [0.1, 0.15) is 5.75 Å². The van der Waals surface area contributed by atoms with Gasteiger partial charge in [0.25, 0.3) is 17.1 Å². The minimum atomic E-state index is -0.304. The molecule has 0 radical (unpaired) electrons. The molecule has 3 aromatic rings. The van der Waals surface area contributed by atoms with Gasteiger partial charge in [0, 0.05) is 5.69 Å². The molecule has 0 aromatic heterocycles. The molecular weight excluding hydrogens is 436 g/mol. The molecule has 0 spiro atoms. The monoisotopic (exact) mass is 458 g/mol. The third kappa shape index (κ3) is 5.90. The predicted octanol–water partition coefficient (Wildman–Crippen LogP) is 5.25. The Morgan fingerprint density at radius 1 is 0.970 bits per heavy atom. The summed E-state index contributed by atoms with van der Waals surface area (Å²) < 4.78 is 5.54. The lowest BCUT2D eigenvalue weighted by atomic mass is 10.2. The average molecular weight is 459 g/mol. The zero-order valence-corrected chi connectivity index (χ0v) is 18.8. The Balaban J connectivity index is 1.33. The van der Waals surface area contributed by atoms with Crippen molar-refractivity contribution in [3.63, 3.8) is 0 Å². The van der Waals surface area contributed by atoms with E-state index in [1.807, 2.05) is 61.5 Å². The van der Waals surface area contributed by atoms with Crippen molar-refractivity contribution in [1.82, 2.24) is 4.90 Å². The second kappa shape index (κ2) is 10.2. The third-order valence-corrected chi connectivity index (χ3v) is 5.85. The standard InChI is InChI=1S/C26H22N2O4S/c1-18-7-11-21(12-8-18)27-24(29)17-32-22-13-9-19(10-14-22)15-23-25(30)28(26(31)33-23)16-20-5-3-2-4-6-20/h2-15H,16-17H2,1H3,(H,27,29)/b23-15-. The van der Waals surface area contributed by atoms with Gasteiger partial charge in [0.2, 0.25) is 0 Å². The molecule has 0 saturated carbocycles. The Bertz CT molecular complexity index is 1190. The van der Waals surface area contributed by atoms with Gasteiger partial charge in [-0.2, -0.15) is 0 Å². The predicted molar refractivity (Wildman–Crippen MR) is 130 cm³/mol. The fourth-order valence-corrected chi connectivity index (χ4v) is 4.04. The van der Waals surface area contributed by atoms with E-state index in [1.165, 1.54) is 4.90 Å². The second-order valence-corrected chi connectivity index (χ2v) is 8.52. The molecule has 1 N–H and O–H groups in total. The fourth-order valence-electron chi connectivity index (χ4n) is 3.20. The first-order valence-electron chi connectivity index (χ1n) is 10.4. The molecule has 166 valence electrons. The molecule has 0 atom stereocenters. The normalized spacial score (nSPS) is 14.6. The summed E-state index contributed by atoms with van der Waals surface area (Å²) in [5.41, 5.74) is 3.49. The molecule has 4 rings (SSSR count). The molecule has 0 bridgehead atoms. The van der Waals surface area contributed by atoms with Crippen LogP contribution in [0.5, 0.6) is 5.75 Å². The summed E-state index contributed by atoms with van der Waals surface area (Å²) in [7, 11) is 0. The van der Waals surface area contributed by atoms with Gasteiger partial charge in [0.15, 0.2) is 6.61 Å². The number of carbonyl (C=O) groups excluding carboxylic acids is 3. The average Bonchev–Trinajstić information content (AvgIpc) is 3.08. The molecule has 3 amide bonds. The molecule has 1 aliphatic rings. The molecule has 1 aliphatic heterocycles. The smallest absolute Gasteiger partial charge is 0.293 e. The van der Waals surface area contributed by atoms with Crippen LogP contribution in [0.4, 0.5) is 10.5 Å². The van der Waals surface area contributed by atoms with Gasteiger partial charge in [-0.25, -0.2) is 0 Å². The Morgan fingerprint density at radius 2 is 1.67 bits per heavy atom. The van der Waals surface area contributed by atoms with E-state index in [1.54, 1.807) is 30.3 Å². The third-order valence-electron chi connectivity index (χ3n) is 4.94. The summed E-state index contributed by atoms with van der Waals surface area (Å²) in [6.07, 6.45) is 1.68. The van der Waals surface area contributed by atoms with Crippen LogP contribution >= 0.6 is 11.8 Å². The number of benzene rings is 3. The lowest BCUT2D eigenvalue weighted by Gasteiger charge is -2.12. The van der Waals surface area contributed by atoms with Gasteiger partial charge in [-0.1, -0.05) is 60.2 Å². The molecule has 7 heteroatoms. The van der Waals surface area contributed by atoms with Gasteiger partial charge >= 0.3 is 0 Å². The maximum Gasteiger partial charge on any atom is 0.293 e. The van der Waals surface area contributed by atoms with Crippen LogP contribution in [0.1, 0.15) is 16.7 Å². The van der Waals surface area contributed by atoms with E-state index in [0.29, 0.717) is 16.3 Å². The highest BCUT2D eigenvalue weighted by Gasteiger charge is 2.34. The number of nitrogens with one attached hydrogen (secondary N) is 1. The first-order chi connectivity index (χ1) is 16.0. The van der Waals surface area contributed by atoms with E-state index < -0.39 is 0 Å². The number of rotatable bonds is 7. The molecule has 3 aromatic carbocycles. The van der Waals surface area contributed by atoms with E-state index in [-0.39, 0.29) is 30.2 Å². The van der Waals surface area contributed by atoms with Crippen molar-refractivity contribution in [2.45, 2.75) is 13.5 Å². The van der Waals surface area contributed by atoms with Crippen LogP contribution in [0.25, 0.3) is 6.08 Å². The number of amides is 3. The number of ether oxygens (including phenoxy) is 1. The number of carbonyl (C=O) groups is 3. The molecule has 33 heavy (non-hydrogen) atoms. The second-order valence-electron chi connectivity index (χ2n) is 7.53. The van der Waals surface area contributed by atoms with E-state index in [2.05, 4.69) is 5.32 Å². The number of imide groups is 1. The Kier molecular flexibility index (Phi) is 6.90. The van der Waals surface area contributed by atoms with E-state index in [9.17, 15) is 14.4 Å². The van der Waals surface area contributed by atoms with Crippen LogP contribution < -0.4 is 10.1 Å². The topological polar surface area (TPSA) is 75.7 Å². The van der Waals surface area contributed by atoms with E-state index in [0.717, 1.165) is 28.5 Å². The lowest BCUT2D eigenvalue weighted by Crippen LogP contribution is -2.27. The number of hydrogen-bond acceptors (Lipinski definition) is 5.